The molecular formula is C34H41N3O3. The fraction of sp³-hybridized carbons (Fsp3) is 0.382. The Balaban J connectivity index is 1.37. The third-order valence-corrected chi connectivity index (χ3v) is 7.20. The summed E-state index contributed by atoms with van der Waals surface area (Å²) in [5.41, 5.74) is 6.80. The Morgan fingerprint density at radius 3 is 2.20 bits per heavy atom. The molecule has 0 aliphatic carbocycles. The van der Waals surface area contributed by atoms with Gasteiger partial charge in [0.25, 0.3) is 0 Å². The molecule has 4 aromatic rings. The highest BCUT2D eigenvalue weighted by Gasteiger charge is 2.15. The van der Waals surface area contributed by atoms with Gasteiger partial charge in [0.2, 0.25) is 0 Å². The second-order valence-corrected chi connectivity index (χ2v) is 11.3. The first-order chi connectivity index (χ1) is 19.2. The largest absolute Gasteiger partial charge is 0.466 e. The van der Waals surface area contributed by atoms with Gasteiger partial charge in [-0.15, -0.1) is 0 Å². The highest BCUT2D eigenvalue weighted by atomic mass is 16.5. The van der Waals surface area contributed by atoms with Gasteiger partial charge in [-0.25, -0.2) is 9.48 Å². The number of nitrogens with zero attached hydrogens (tertiary/aromatic N) is 3. The number of benzene rings is 3. The van der Waals surface area contributed by atoms with Crippen molar-refractivity contribution in [3.63, 3.8) is 0 Å². The molecule has 0 saturated carbocycles. The number of esters is 1. The standard InChI is InChI=1S/C34H41N3O3/c1-6-36-31(35-37(33(36)39)24-26-16-20-30(21-17-26)34(3,4)5)13-9-10-25-14-18-28(19-15-25)29-12-8-11-27(22-29)23-32(38)40-7-2/h8,11-12,14-22H,6-7,9-10,13,23-24H2,1-5H3. The van der Waals surface area contributed by atoms with Crippen LogP contribution < -0.4 is 5.69 Å². The van der Waals surface area contributed by atoms with E-state index in [0.717, 1.165) is 47.3 Å². The first kappa shape index (κ1) is 29.1. The lowest BCUT2D eigenvalue weighted by atomic mass is 9.87. The first-order valence-corrected chi connectivity index (χ1v) is 14.3. The average Bonchev–Trinajstić information content (AvgIpc) is 3.22. The van der Waals surface area contributed by atoms with Crippen LogP contribution in [0.2, 0.25) is 0 Å². The zero-order valence-corrected chi connectivity index (χ0v) is 24.4. The van der Waals surface area contributed by atoms with E-state index in [0.29, 0.717) is 19.7 Å². The second kappa shape index (κ2) is 12.9. The summed E-state index contributed by atoms with van der Waals surface area (Å²) in [6, 6.07) is 25.1. The van der Waals surface area contributed by atoms with Crippen LogP contribution in [0.25, 0.3) is 11.1 Å². The number of hydrogen-bond donors (Lipinski definition) is 0. The molecule has 40 heavy (non-hydrogen) atoms. The van der Waals surface area contributed by atoms with E-state index >= 15 is 0 Å². The van der Waals surface area contributed by atoms with Crippen LogP contribution in [0.5, 0.6) is 0 Å². The first-order valence-electron chi connectivity index (χ1n) is 14.3. The van der Waals surface area contributed by atoms with Gasteiger partial charge in [-0.05, 0) is 65.5 Å². The van der Waals surface area contributed by atoms with Crippen LogP contribution >= 0.6 is 0 Å². The fourth-order valence-electron chi connectivity index (χ4n) is 4.93. The molecule has 3 aromatic carbocycles. The van der Waals surface area contributed by atoms with Gasteiger partial charge >= 0.3 is 11.7 Å². The minimum Gasteiger partial charge on any atom is -0.466 e. The molecule has 0 atom stereocenters. The molecule has 1 aromatic heterocycles. The van der Waals surface area contributed by atoms with Gasteiger partial charge in [0, 0.05) is 13.0 Å². The van der Waals surface area contributed by atoms with Crippen LogP contribution in [0.4, 0.5) is 0 Å². The maximum absolute atomic E-state index is 13.0. The van der Waals surface area contributed by atoms with Crippen LogP contribution in [0.1, 0.15) is 69.1 Å². The lowest BCUT2D eigenvalue weighted by molar-refractivity contribution is -0.142. The van der Waals surface area contributed by atoms with E-state index in [2.05, 4.69) is 75.4 Å². The molecule has 0 saturated heterocycles. The summed E-state index contributed by atoms with van der Waals surface area (Å²) in [5, 5.41) is 4.71. The van der Waals surface area contributed by atoms with Crippen molar-refractivity contribution < 1.29 is 9.53 Å². The minimum atomic E-state index is -0.205. The monoisotopic (exact) mass is 539 g/mol. The summed E-state index contributed by atoms with van der Waals surface area (Å²) in [5.74, 6) is 0.636. The van der Waals surface area contributed by atoms with Crippen molar-refractivity contribution in [3.05, 3.63) is 111 Å². The van der Waals surface area contributed by atoms with Crippen molar-refractivity contribution in [2.24, 2.45) is 0 Å². The number of aryl methyl sites for hydroxylation is 2. The molecule has 6 nitrogen and oxygen atoms in total. The smallest absolute Gasteiger partial charge is 0.346 e. The Morgan fingerprint density at radius 1 is 0.850 bits per heavy atom. The average molecular weight is 540 g/mol. The molecule has 0 aliphatic heterocycles. The van der Waals surface area contributed by atoms with Gasteiger partial charge in [-0.3, -0.25) is 9.36 Å². The summed E-state index contributed by atoms with van der Waals surface area (Å²) < 4.78 is 8.46. The predicted octanol–water partition coefficient (Wildman–Crippen LogP) is 6.36. The fourth-order valence-corrected chi connectivity index (χ4v) is 4.93. The van der Waals surface area contributed by atoms with E-state index < -0.39 is 0 Å². The van der Waals surface area contributed by atoms with Crippen molar-refractivity contribution in [1.29, 1.82) is 0 Å². The van der Waals surface area contributed by atoms with Crippen LogP contribution in [0.15, 0.2) is 77.6 Å². The predicted molar refractivity (Wildman–Crippen MR) is 161 cm³/mol. The summed E-state index contributed by atoms with van der Waals surface area (Å²) >= 11 is 0. The zero-order chi connectivity index (χ0) is 28.7. The molecule has 1 heterocycles. The van der Waals surface area contributed by atoms with E-state index in [1.807, 2.05) is 32.0 Å². The molecule has 0 bridgehead atoms. The highest BCUT2D eigenvalue weighted by molar-refractivity contribution is 5.74. The van der Waals surface area contributed by atoms with Gasteiger partial charge in [0.1, 0.15) is 5.82 Å². The molecule has 0 N–H and O–H groups in total. The molecule has 4 rings (SSSR count). The topological polar surface area (TPSA) is 66.1 Å². The van der Waals surface area contributed by atoms with E-state index in [9.17, 15) is 9.59 Å². The zero-order valence-electron chi connectivity index (χ0n) is 24.4. The van der Waals surface area contributed by atoms with E-state index in [1.165, 1.54) is 11.1 Å². The number of carbonyl (C=O) groups excluding carboxylic acids is 1. The van der Waals surface area contributed by atoms with Gasteiger partial charge in [-0.2, -0.15) is 5.10 Å². The number of carbonyl (C=O) groups is 1. The Hall–Kier alpha value is -3.93. The molecule has 0 unspecified atom stereocenters. The van der Waals surface area contributed by atoms with Gasteiger partial charge in [-0.1, -0.05) is 93.6 Å². The summed E-state index contributed by atoms with van der Waals surface area (Å²) in [6.45, 7) is 11.9. The lowest BCUT2D eigenvalue weighted by Crippen LogP contribution is -2.25. The molecule has 0 fully saturated rings. The van der Waals surface area contributed by atoms with E-state index in [-0.39, 0.29) is 23.5 Å². The van der Waals surface area contributed by atoms with Gasteiger partial charge in [0.05, 0.1) is 19.6 Å². The van der Waals surface area contributed by atoms with Crippen LogP contribution in [0, 0.1) is 0 Å². The third kappa shape index (κ3) is 7.38. The van der Waals surface area contributed by atoms with Crippen LogP contribution in [-0.4, -0.2) is 26.9 Å². The second-order valence-electron chi connectivity index (χ2n) is 11.3. The van der Waals surface area contributed by atoms with Crippen molar-refractivity contribution in [3.8, 4) is 11.1 Å². The normalized spacial score (nSPS) is 11.5. The Labute approximate surface area is 237 Å². The molecule has 6 heteroatoms. The molecule has 210 valence electrons. The summed E-state index contributed by atoms with van der Waals surface area (Å²) in [4.78, 5) is 24.9. The highest BCUT2D eigenvalue weighted by Crippen LogP contribution is 2.23. The maximum Gasteiger partial charge on any atom is 0.346 e. The van der Waals surface area contributed by atoms with E-state index in [1.54, 1.807) is 9.25 Å². The third-order valence-electron chi connectivity index (χ3n) is 7.20. The Morgan fingerprint density at radius 2 is 1.55 bits per heavy atom. The van der Waals surface area contributed by atoms with Gasteiger partial charge in [0.15, 0.2) is 0 Å². The number of hydrogen-bond acceptors (Lipinski definition) is 4. The summed E-state index contributed by atoms with van der Waals surface area (Å²) in [6.07, 6.45) is 2.84. The minimum absolute atomic E-state index is 0.0491. The van der Waals surface area contributed by atoms with Gasteiger partial charge < -0.3 is 4.74 Å². The van der Waals surface area contributed by atoms with Crippen molar-refractivity contribution >= 4 is 5.97 Å². The molecule has 0 radical (unpaired) electrons. The SMILES string of the molecule is CCOC(=O)Cc1cccc(-c2ccc(CCCc3nn(Cc4ccc(C(C)(C)C)cc4)c(=O)n3CC)cc2)c1. The quantitative estimate of drug-likeness (QED) is 0.208. The Bertz CT molecular complexity index is 1470. The molecular weight excluding hydrogens is 498 g/mol. The lowest BCUT2D eigenvalue weighted by Gasteiger charge is -2.19. The molecule has 0 amide bonds. The van der Waals surface area contributed by atoms with Crippen molar-refractivity contribution in [1.82, 2.24) is 14.3 Å². The maximum atomic E-state index is 13.0. The molecule has 0 spiro atoms. The van der Waals surface area contributed by atoms with E-state index in [4.69, 9.17) is 9.84 Å². The summed E-state index contributed by atoms with van der Waals surface area (Å²) in [7, 11) is 0. The molecule has 0 aliphatic rings. The van der Waals surface area contributed by atoms with Crippen molar-refractivity contribution in [2.45, 2.75) is 78.8 Å². The van der Waals surface area contributed by atoms with Crippen molar-refractivity contribution in [2.75, 3.05) is 6.61 Å². The number of rotatable bonds is 11. The Kier molecular flexibility index (Phi) is 9.41. The van der Waals surface area contributed by atoms with Crippen LogP contribution in [-0.2, 0) is 47.3 Å². The number of aromatic nitrogens is 3. The number of ether oxygens (including phenoxy) is 1. The van der Waals surface area contributed by atoms with Crippen LogP contribution in [0.3, 0.4) is 0 Å².